The van der Waals surface area contributed by atoms with E-state index in [-0.39, 0.29) is 11.9 Å². The van der Waals surface area contributed by atoms with Crippen molar-refractivity contribution in [2.75, 3.05) is 0 Å². The molecule has 0 amide bonds. The Morgan fingerprint density at radius 2 is 2.21 bits per heavy atom. The summed E-state index contributed by atoms with van der Waals surface area (Å²) >= 11 is 0. The Hall–Kier alpha value is -0.890. The van der Waals surface area contributed by atoms with Gasteiger partial charge in [0, 0.05) is 11.6 Å². The third kappa shape index (κ3) is 2.13. The van der Waals surface area contributed by atoms with E-state index in [0.29, 0.717) is 5.56 Å². The van der Waals surface area contributed by atoms with Crippen LogP contribution in [0.4, 0.5) is 4.39 Å². The van der Waals surface area contributed by atoms with Crippen molar-refractivity contribution in [1.29, 1.82) is 0 Å². The minimum Gasteiger partial charge on any atom is -0.324 e. The summed E-state index contributed by atoms with van der Waals surface area (Å²) in [5.74, 6) is 0.577. The molecular formula is C12H16FN. The monoisotopic (exact) mass is 193 g/mol. The van der Waals surface area contributed by atoms with Crippen LogP contribution in [0, 0.1) is 18.7 Å². The molecular weight excluding hydrogens is 177 g/mol. The first-order valence-electron chi connectivity index (χ1n) is 5.18. The van der Waals surface area contributed by atoms with Gasteiger partial charge in [-0.25, -0.2) is 4.39 Å². The minimum atomic E-state index is -0.163. The Balaban J connectivity index is 2.15. The molecule has 2 heteroatoms. The molecule has 1 saturated carbocycles. The third-order valence-corrected chi connectivity index (χ3v) is 2.84. The highest BCUT2D eigenvalue weighted by Gasteiger charge is 2.25. The van der Waals surface area contributed by atoms with E-state index in [1.807, 2.05) is 13.0 Å². The van der Waals surface area contributed by atoms with Gasteiger partial charge in [-0.1, -0.05) is 30.5 Å². The molecule has 2 N–H and O–H groups in total. The first kappa shape index (κ1) is 9.66. The molecule has 1 aromatic rings. The molecule has 1 aromatic carbocycles. The summed E-state index contributed by atoms with van der Waals surface area (Å²) in [5.41, 5.74) is 7.72. The molecule has 76 valence electrons. The topological polar surface area (TPSA) is 26.0 Å². The average Bonchev–Trinajstić information content (AvgIpc) is 2.93. The second-order valence-electron chi connectivity index (χ2n) is 4.31. The van der Waals surface area contributed by atoms with E-state index in [0.717, 1.165) is 17.9 Å². The number of benzene rings is 1. The number of hydrogen-bond donors (Lipinski definition) is 1. The van der Waals surface area contributed by atoms with Crippen LogP contribution in [0.5, 0.6) is 0 Å². The van der Waals surface area contributed by atoms with Crippen LogP contribution in [0.25, 0.3) is 0 Å². The van der Waals surface area contributed by atoms with E-state index >= 15 is 0 Å². The smallest absolute Gasteiger partial charge is 0.127 e. The van der Waals surface area contributed by atoms with Gasteiger partial charge in [-0.3, -0.25) is 0 Å². The Bertz CT molecular complexity index is 331. The van der Waals surface area contributed by atoms with E-state index in [2.05, 4.69) is 0 Å². The predicted molar refractivity (Wildman–Crippen MR) is 55.4 cm³/mol. The molecule has 1 atom stereocenters. The van der Waals surface area contributed by atoms with Gasteiger partial charge in [0.1, 0.15) is 5.82 Å². The van der Waals surface area contributed by atoms with Gasteiger partial charge in [0.15, 0.2) is 0 Å². The lowest BCUT2D eigenvalue weighted by atomic mass is 10.00. The number of nitrogens with two attached hydrogens (primary N) is 1. The Morgan fingerprint density at radius 1 is 1.50 bits per heavy atom. The van der Waals surface area contributed by atoms with Crippen LogP contribution in [0.2, 0.25) is 0 Å². The average molecular weight is 193 g/mol. The zero-order chi connectivity index (χ0) is 10.1. The number of rotatable bonds is 3. The van der Waals surface area contributed by atoms with Crippen molar-refractivity contribution in [2.45, 2.75) is 32.2 Å². The molecule has 0 spiro atoms. The number of hydrogen-bond acceptors (Lipinski definition) is 1. The van der Waals surface area contributed by atoms with Crippen molar-refractivity contribution in [3.8, 4) is 0 Å². The van der Waals surface area contributed by atoms with Crippen LogP contribution < -0.4 is 5.73 Å². The Kier molecular flexibility index (Phi) is 2.55. The van der Waals surface area contributed by atoms with E-state index in [4.69, 9.17) is 5.73 Å². The lowest BCUT2D eigenvalue weighted by molar-refractivity contribution is 0.542. The maximum Gasteiger partial charge on any atom is 0.127 e. The SMILES string of the molecule is Cc1ccc(F)c(C(N)CC2CC2)c1. The molecule has 0 saturated heterocycles. The van der Waals surface area contributed by atoms with Crippen molar-refractivity contribution in [1.82, 2.24) is 0 Å². The number of halogens is 1. The Labute approximate surface area is 84.1 Å². The molecule has 2 rings (SSSR count). The molecule has 1 unspecified atom stereocenters. The highest BCUT2D eigenvalue weighted by Crippen LogP contribution is 2.37. The van der Waals surface area contributed by atoms with Gasteiger partial charge >= 0.3 is 0 Å². The van der Waals surface area contributed by atoms with Gasteiger partial charge in [-0.05, 0) is 25.3 Å². The first-order chi connectivity index (χ1) is 6.66. The van der Waals surface area contributed by atoms with Gasteiger partial charge in [0.25, 0.3) is 0 Å². The lowest BCUT2D eigenvalue weighted by Gasteiger charge is -2.12. The van der Waals surface area contributed by atoms with Gasteiger partial charge in [-0.2, -0.15) is 0 Å². The molecule has 0 aromatic heterocycles. The fourth-order valence-electron chi connectivity index (χ4n) is 1.79. The van der Waals surface area contributed by atoms with E-state index in [1.54, 1.807) is 6.07 Å². The van der Waals surface area contributed by atoms with Crippen LogP contribution in [0.15, 0.2) is 18.2 Å². The van der Waals surface area contributed by atoms with Crippen LogP contribution in [0.3, 0.4) is 0 Å². The van der Waals surface area contributed by atoms with Gasteiger partial charge in [0.2, 0.25) is 0 Å². The summed E-state index contributed by atoms with van der Waals surface area (Å²) in [6.07, 6.45) is 3.46. The first-order valence-corrected chi connectivity index (χ1v) is 5.18. The zero-order valence-electron chi connectivity index (χ0n) is 8.46. The zero-order valence-corrected chi connectivity index (χ0v) is 8.46. The second kappa shape index (κ2) is 3.70. The second-order valence-corrected chi connectivity index (χ2v) is 4.31. The summed E-state index contributed by atoms with van der Waals surface area (Å²) in [6.45, 7) is 1.97. The summed E-state index contributed by atoms with van der Waals surface area (Å²) in [7, 11) is 0. The van der Waals surface area contributed by atoms with E-state index in [1.165, 1.54) is 18.9 Å². The highest BCUT2D eigenvalue weighted by atomic mass is 19.1. The molecule has 1 nitrogen and oxygen atoms in total. The van der Waals surface area contributed by atoms with Crippen LogP contribution in [-0.4, -0.2) is 0 Å². The Morgan fingerprint density at radius 3 is 2.86 bits per heavy atom. The maximum absolute atomic E-state index is 13.4. The summed E-state index contributed by atoms with van der Waals surface area (Å²) in [5, 5.41) is 0. The van der Waals surface area contributed by atoms with Crippen molar-refractivity contribution in [3.63, 3.8) is 0 Å². The lowest BCUT2D eigenvalue weighted by Crippen LogP contribution is -2.13. The van der Waals surface area contributed by atoms with E-state index in [9.17, 15) is 4.39 Å². The molecule has 1 aliphatic carbocycles. The normalized spacial score (nSPS) is 18.2. The molecule has 0 bridgehead atoms. The van der Waals surface area contributed by atoms with Gasteiger partial charge in [-0.15, -0.1) is 0 Å². The molecule has 0 heterocycles. The van der Waals surface area contributed by atoms with E-state index < -0.39 is 0 Å². The van der Waals surface area contributed by atoms with Crippen molar-refractivity contribution in [2.24, 2.45) is 11.7 Å². The number of aryl methyl sites for hydroxylation is 1. The standard InChI is InChI=1S/C12H16FN/c1-8-2-5-11(13)10(6-8)12(14)7-9-3-4-9/h2,5-6,9,12H,3-4,7,14H2,1H3. The molecule has 0 radical (unpaired) electrons. The third-order valence-electron chi connectivity index (χ3n) is 2.84. The van der Waals surface area contributed by atoms with Crippen molar-refractivity contribution >= 4 is 0 Å². The summed E-state index contributed by atoms with van der Waals surface area (Å²) in [4.78, 5) is 0. The highest BCUT2D eigenvalue weighted by molar-refractivity contribution is 5.26. The van der Waals surface area contributed by atoms with Crippen LogP contribution in [-0.2, 0) is 0 Å². The fraction of sp³-hybridized carbons (Fsp3) is 0.500. The van der Waals surface area contributed by atoms with Gasteiger partial charge in [0.05, 0.1) is 0 Å². The van der Waals surface area contributed by atoms with Crippen molar-refractivity contribution in [3.05, 3.63) is 35.1 Å². The quantitative estimate of drug-likeness (QED) is 0.784. The molecule has 0 aliphatic heterocycles. The summed E-state index contributed by atoms with van der Waals surface area (Å²) in [6, 6.07) is 5.03. The molecule has 1 fully saturated rings. The molecule has 1 aliphatic rings. The van der Waals surface area contributed by atoms with Crippen LogP contribution >= 0.6 is 0 Å². The van der Waals surface area contributed by atoms with Gasteiger partial charge < -0.3 is 5.73 Å². The minimum absolute atomic E-state index is 0.123. The molecule has 14 heavy (non-hydrogen) atoms. The largest absolute Gasteiger partial charge is 0.324 e. The summed E-state index contributed by atoms with van der Waals surface area (Å²) < 4.78 is 13.4. The fourth-order valence-corrected chi connectivity index (χ4v) is 1.79. The predicted octanol–water partition coefficient (Wildman–Crippen LogP) is 2.93. The van der Waals surface area contributed by atoms with Crippen molar-refractivity contribution < 1.29 is 4.39 Å². The van der Waals surface area contributed by atoms with Crippen LogP contribution in [0.1, 0.15) is 36.4 Å². The maximum atomic E-state index is 13.4.